The Labute approximate surface area is 169 Å². The van der Waals surface area contributed by atoms with Crippen LogP contribution in [0.1, 0.15) is 26.3 Å². The maximum absolute atomic E-state index is 12.3. The Morgan fingerprint density at radius 3 is 2.03 bits per heavy atom. The van der Waals surface area contributed by atoms with Crippen LogP contribution in [0.4, 0.5) is 0 Å². The van der Waals surface area contributed by atoms with Gasteiger partial charge in [0.1, 0.15) is 17.2 Å². The van der Waals surface area contributed by atoms with Gasteiger partial charge in [-0.25, -0.2) is 4.79 Å². The summed E-state index contributed by atoms with van der Waals surface area (Å²) in [6.45, 7) is 0. The van der Waals surface area contributed by atoms with E-state index in [1.807, 2.05) is 24.3 Å². The molecule has 0 aliphatic heterocycles. The maximum Gasteiger partial charge on any atom is 0.343 e. The van der Waals surface area contributed by atoms with E-state index >= 15 is 0 Å². The number of benzene rings is 3. The van der Waals surface area contributed by atoms with Gasteiger partial charge >= 0.3 is 5.97 Å². The molecule has 0 fully saturated rings. The maximum atomic E-state index is 12.3. The third kappa shape index (κ3) is 5.32. The van der Waals surface area contributed by atoms with Gasteiger partial charge in [-0.3, -0.25) is 4.79 Å². The Morgan fingerprint density at radius 1 is 0.724 bits per heavy atom. The van der Waals surface area contributed by atoms with Crippen LogP contribution in [-0.4, -0.2) is 26.0 Å². The van der Waals surface area contributed by atoms with E-state index in [0.717, 1.165) is 11.3 Å². The first-order valence-electron chi connectivity index (χ1n) is 8.92. The molecule has 0 atom stereocenters. The normalized spacial score (nSPS) is 10.6. The molecule has 146 valence electrons. The van der Waals surface area contributed by atoms with Crippen LogP contribution >= 0.6 is 0 Å². The molecule has 0 N–H and O–H groups in total. The monoisotopic (exact) mass is 388 g/mol. The summed E-state index contributed by atoms with van der Waals surface area (Å²) in [4.78, 5) is 24.6. The summed E-state index contributed by atoms with van der Waals surface area (Å²) in [5, 5.41) is 0. The zero-order valence-electron chi connectivity index (χ0n) is 16.1. The number of ether oxygens (including phenoxy) is 3. The fraction of sp³-hybridized carbons (Fsp3) is 0.0833. The van der Waals surface area contributed by atoms with Crippen molar-refractivity contribution in [1.29, 1.82) is 0 Å². The molecule has 29 heavy (non-hydrogen) atoms. The van der Waals surface area contributed by atoms with Crippen molar-refractivity contribution in [3.05, 3.63) is 95.6 Å². The summed E-state index contributed by atoms with van der Waals surface area (Å²) in [5.41, 5.74) is 1.77. The Hall–Kier alpha value is -3.86. The molecule has 3 aromatic carbocycles. The molecule has 0 amide bonds. The molecule has 0 saturated carbocycles. The number of esters is 1. The molecule has 0 heterocycles. The van der Waals surface area contributed by atoms with Crippen LogP contribution < -0.4 is 14.2 Å². The van der Waals surface area contributed by atoms with Crippen molar-refractivity contribution >= 4 is 17.8 Å². The number of carbonyl (C=O) groups excluding carboxylic acids is 2. The Morgan fingerprint density at radius 2 is 1.38 bits per heavy atom. The second kappa shape index (κ2) is 9.37. The summed E-state index contributed by atoms with van der Waals surface area (Å²) >= 11 is 0. The van der Waals surface area contributed by atoms with E-state index in [9.17, 15) is 9.59 Å². The van der Waals surface area contributed by atoms with E-state index in [1.165, 1.54) is 13.2 Å². The van der Waals surface area contributed by atoms with Gasteiger partial charge in [0.05, 0.1) is 19.8 Å². The zero-order chi connectivity index (χ0) is 20.6. The van der Waals surface area contributed by atoms with Crippen molar-refractivity contribution in [2.24, 2.45) is 0 Å². The number of ketones is 1. The minimum absolute atomic E-state index is 0.147. The van der Waals surface area contributed by atoms with E-state index < -0.39 is 5.97 Å². The first-order chi connectivity index (χ1) is 14.1. The molecule has 5 heteroatoms. The van der Waals surface area contributed by atoms with Gasteiger partial charge in [0.15, 0.2) is 5.78 Å². The van der Waals surface area contributed by atoms with Crippen LogP contribution in [0.25, 0.3) is 6.08 Å². The topological polar surface area (TPSA) is 61.8 Å². The van der Waals surface area contributed by atoms with Crippen LogP contribution in [0, 0.1) is 0 Å². The lowest BCUT2D eigenvalue weighted by Gasteiger charge is -2.06. The van der Waals surface area contributed by atoms with Crippen molar-refractivity contribution in [3.8, 4) is 17.2 Å². The van der Waals surface area contributed by atoms with E-state index in [-0.39, 0.29) is 5.78 Å². The van der Waals surface area contributed by atoms with Gasteiger partial charge in [-0.05, 0) is 66.2 Å². The smallest absolute Gasteiger partial charge is 0.343 e. The molecule has 0 aliphatic carbocycles. The Kier molecular flexibility index (Phi) is 6.43. The van der Waals surface area contributed by atoms with Crippen LogP contribution in [0.2, 0.25) is 0 Å². The number of carbonyl (C=O) groups is 2. The Balaban J connectivity index is 1.63. The number of allylic oxidation sites excluding steroid dienone is 1. The van der Waals surface area contributed by atoms with Gasteiger partial charge in [-0.15, -0.1) is 0 Å². The van der Waals surface area contributed by atoms with E-state index in [1.54, 1.807) is 61.7 Å². The SMILES string of the molecule is COc1ccc(/C=C/C(=O)c2ccc(OC(=O)c3cccc(OC)c3)cc2)cc1. The van der Waals surface area contributed by atoms with E-state index in [4.69, 9.17) is 14.2 Å². The Bertz CT molecular complexity index is 1020. The van der Waals surface area contributed by atoms with Gasteiger partial charge in [-0.2, -0.15) is 0 Å². The highest BCUT2D eigenvalue weighted by atomic mass is 16.5. The quantitative estimate of drug-likeness (QED) is 0.251. The highest BCUT2D eigenvalue weighted by Crippen LogP contribution is 2.18. The summed E-state index contributed by atoms with van der Waals surface area (Å²) in [5.74, 6) is 1.04. The van der Waals surface area contributed by atoms with Crippen LogP contribution in [0.15, 0.2) is 78.9 Å². The summed E-state index contributed by atoms with van der Waals surface area (Å²) in [7, 11) is 3.13. The fourth-order valence-electron chi connectivity index (χ4n) is 2.59. The molecule has 0 unspecified atom stereocenters. The molecule has 5 nitrogen and oxygen atoms in total. The first kappa shape index (κ1) is 19.9. The van der Waals surface area contributed by atoms with Crippen LogP contribution in [-0.2, 0) is 0 Å². The van der Waals surface area contributed by atoms with Crippen LogP contribution in [0.3, 0.4) is 0 Å². The predicted octanol–water partition coefficient (Wildman–Crippen LogP) is 4.82. The standard InChI is InChI=1S/C24H20O5/c1-27-20-11-6-17(7-12-20)8-15-23(25)18-9-13-21(14-10-18)29-24(26)19-4-3-5-22(16-19)28-2/h3-16H,1-2H3/b15-8+. The van der Waals surface area contributed by atoms with E-state index in [2.05, 4.69) is 0 Å². The molecule has 0 saturated heterocycles. The molecular formula is C24H20O5. The van der Waals surface area contributed by atoms with Gasteiger partial charge in [0.2, 0.25) is 0 Å². The highest BCUT2D eigenvalue weighted by Gasteiger charge is 2.10. The highest BCUT2D eigenvalue weighted by molar-refractivity contribution is 6.06. The van der Waals surface area contributed by atoms with Gasteiger partial charge in [0.25, 0.3) is 0 Å². The largest absolute Gasteiger partial charge is 0.497 e. The zero-order valence-corrected chi connectivity index (χ0v) is 16.1. The first-order valence-corrected chi connectivity index (χ1v) is 8.92. The molecule has 3 rings (SSSR count). The third-order valence-electron chi connectivity index (χ3n) is 4.20. The molecular weight excluding hydrogens is 368 g/mol. The average Bonchev–Trinajstić information content (AvgIpc) is 2.78. The predicted molar refractivity (Wildman–Crippen MR) is 111 cm³/mol. The number of methoxy groups -OCH3 is 2. The molecule has 0 radical (unpaired) electrons. The lowest BCUT2D eigenvalue weighted by molar-refractivity contribution is 0.0734. The lowest BCUT2D eigenvalue weighted by atomic mass is 10.1. The van der Waals surface area contributed by atoms with E-state index in [0.29, 0.717) is 22.6 Å². The number of rotatable bonds is 7. The molecule has 3 aromatic rings. The van der Waals surface area contributed by atoms with Crippen molar-refractivity contribution < 1.29 is 23.8 Å². The average molecular weight is 388 g/mol. The summed E-state index contributed by atoms with van der Waals surface area (Å²) < 4.78 is 15.6. The molecule has 0 bridgehead atoms. The lowest BCUT2D eigenvalue weighted by Crippen LogP contribution is -2.08. The van der Waals surface area contributed by atoms with Crippen molar-refractivity contribution in [3.63, 3.8) is 0 Å². The summed E-state index contributed by atoms with van der Waals surface area (Å²) in [6, 6.07) is 20.5. The van der Waals surface area contributed by atoms with Crippen molar-refractivity contribution in [1.82, 2.24) is 0 Å². The molecule has 0 spiro atoms. The van der Waals surface area contributed by atoms with Gasteiger partial charge in [0, 0.05) is 5.56 Å². The number of hydrogen-bond donors (Lipinski definition) is 0. The minimum atomic E-state index is -0.498. The van der Waals surface area contributed by atoms with Gasteiger partial charge in [-0.1, -0.05) is 24.3 Å². The molecule has 0 aromatic heterocycles. The second-order valence-corrected chi connectivity index (χ2v) is 6.12. The third-order valence-corrected chi connectivity index (χ3v) is 4.20. The van der Waals surface area contributed by atoms with Gasteiger partial charge < -0.3 is 14.2 Å². The minimum Gasteiger partial charge on any atom is -0.497 e. The summed E-state index contributed by atoms with van der Waals surface area (Å²) in [6.07, 6.45) is 3.23. The number of hydrogen-bond acceptors (Lipinski definition) is 5. The van der Waals surface area contributed by atoms with Crippen molar-refractivity contribution in [2.75, 3.05) is 14.2 Å². The fourth-order valence-corrected chi connectivity index (χ4v) is 2.59. The van der Waals surface area contributed by atoms with Crippen molar-refractivity contribution in [2.45, 2.75) is 0 Å². The molecule has 0 aliphatic rings. The second-order valence-electron chi connectivity index (χ2n) is 6.12. The van der Waals surface area contributed by atoms with Crippen LogP contribution in [0.5, 0.6) is 17.2 Å².